The maximum Gasteiger partial charge on any atom is 0.132 e. The molecule has 0 saturated carbocycles. The van der Waals surface area contributed by atoms with E-state index in [-0.39, 0.29) is 0 Å². The molecular weight excluding hydrogens is 463 g/mol. The number of benzene rings is 4. The number of rotatable bonds is 4. The molecule has 0 N–H and O–H groups in total. The first-order valence-electron chi connectivity index (χ1n) is 12.1. The summed E-state index contributed by atoms with van der Waals surface area (Å²) in [5.41, 5.74) is 8.05. The zero-order chi connectivity index (χ0) is 25.0. The molecule has 0 fully saturated rings. The summed E-state index contributed by atoms with van der Waals surface area (Å²) in [5.74, 6) is 0.791. The number of aryl methyl sites for hydroxylation is 3. The Morgan fingerprint density at radius 2 is 1.69 bits per heavy atom. The molecule has 0 spiro atoms. The third-order valence-electron chi connectivity index (χ3n) is 6.95. The number of methoxy groups -OCH3 is 1. The maximum absolute atomic E-state index is 14.1. The molecule has 4 aromatic carbocycles. The molecule has 36 heavy (non-hydrogen) atoms. The van der Waals surface area contributed by atoms with E-state index in [4.69, 9.17) is 9.72 Å². The average Bonchev–Trinajstić information content (AvgIpc) is 3.21. The van der Waals surface area contributed by atoms with Crippen molar-refractivity contribution >= 4 is 45.7 Å². The van der Waals surface area contributed by atoms with Crippen LogP contribution in [0.25, 0.3) is 38.6 Å². The summed E-state index contributed by atoms with van der Waals surface area (Å²) >= 11 is 0. The second-order valence-electron chi connectivity index (χ2n) is 9.38. The van der Waals surface area contributed by atoms with Crippen molar-refractivity contribution < 1.29 is 9.30 Å². The van der Waals surface area contributed by atoms with E-state index in [1.54, 1.807) is 7.11 Å². The van der Waals surface area contributed by atoms with Crippen LogP contribution >= 0.6 is 7.80 Å². The van der Waals surface area contributed by atoms with Crippen LogP contribution in [0.1, 0.15) is 16.8 Å². The van der Waals surface area contributed by atoms with Crippen molar-refractivity contribution in [3.05, 3.63) is 102 Å². The lowest BCUT2D eigenvalue weighted by atomic mass is 10.00. The van der Waals surface area contributed by atoms with Crippen molar-refractivity contribution in [2.24, 2.45) is 0 Å². The van der Waals surface area contributed by atoms with Gasteiger partial charge in [-0.2, -0.15) is 0 Å². The molecule has 0 amide bonds. The fourth-order valence-corrected chi connectivity index (χ4v) is 6.94. The quantitative estimate of drug-likeness (QED) is 0.257. The highest BCUT2D eigenvalue weighted by Crippen LogP contribution is 2.38. The number of hydrogen-bond acceptors (Lipinski definition) is 3. The van der Waals surface area contributed by atoms with Crippen molar-refractivity contribution in [3.8, 4) is 17.0 Å². The minimum Gasteiger partial charge on any atom is -0.497 e. The third kappa shape index (κ3) is 3.53. The Bertz CT molecular complexity index is 1830. The second-order valence-corrected chi connectivity index (χ2v) is 11.1. The minimum absolute atomic E-state index is 0.791. The largest absolute Gasteiger partial charge is 0.497 e. The Morgan fingerprint density at radius 3 is 2.50 bits per heavy atom. The highest BCUT2D eigenvalue weighted by molar-refractivity contribution is 7.61. The van der Waals surface area contributed by atoms with Gasteiger partial charge in [0.25, 0.3) is 0 Å². The molecule has 0 bridgehead atoms. The maximum atomic E-state index is 14.1. The van der Waals surface area contributed by atoms with Crippen LogP contribution in [0.15, 0.2) is 84.9 Å². The van der Waals surface area contributed by atoms with Gasteiger partial charge in [0.1, 0.15) is 13.6 Å². The molecular formula is C31H27N2O2P. The number of fused-ring (bicyclic) bond motifs is 4. The van der Waals surface area contributed by atoms with Crippen molar-refractivity contribution in [2.75, 3.05) is 7.11 Å². The zero-order valence-electron chi connectivity index (χ0n) is 20.8. The molecule has 0 aliphatic heterocycles. The fourth-order valence-electron chi connectivity index (χ4n) is 5.31. The minimum atomic E-state index is -2.29. The van der Waals surface area contributed by atoms with Crippen molar-refractivity contribution in [3.63, 3.8) is 0 Å². The fraction of sp³-hybridized carbons (Fsp3) is 0.129. The lowest BCUT2D eigenvalue weighted by Crippen LogP contribution is -2.12. The van der Waals surface area contributed by atoms with Gasteiger partial charge in [-0.15, -0.1) is 0 Å². The van der Waals surface area contributed by atoms with E-state index in [1.807, 2.05) is 67.6 Å². The standard InChI is InChI=1S/C31H27N2O2P/c1-19-8-7-10-24(16-19)36(34)28-15-12-22-9-5-6-11-25(22)29(28)30-31-20(2)17-21(3)33(31)27-18-23(35-4)13-14-26(27)32-30/h5-18,36H,1-4H3. The molecule has 5 heteroatoms. The molecule has 2 aromatic heterocycles. The van der Waals surface area contributed by atoms with Gasteiger partial charge in [-0.25, -0.2) is 4.98 Å². The monoisotopic (exact) mass is 490 g/mol. The first-order chi connectivity index (χ1) is 17.5. The average molecular weight is 491 g/mol. The van der Waals surface area contributed by atoms with Gasteiger partial charge in [0.05, 0.1) is 29.4 Å². The van der Waals surface area contributed by atoms with Crippen molar-refractivity contribution in [2.45, 2.75) is 20.8 Å². The van der Waals surface area contributed by atoms with Crippen LogP contribution in [0.3, 0.4) is 0 Å². The van der Waals surface area contributed by atoms with E-state index >= 15 is 0 Å². The molecule has 0 saturated heterocycles. The molecule has 2 heterocycles. The normalized spacial score (nSPS) is 12.4. The number of hydrogen-bond donors (Lipinski definition) is 0. The molecule has 178 valence electrons. The first-order valence-corrected chi connectivity index (χ1v) is 13.5. The highest BCUT2D eigenvalue weighted by atomic mass is 31.1. The second kappa shape index (κ2) is 8.65. The van der Waals surface area contributed by atoms with Gasteiger partial charge in [0.15, 0.2) is 0 Å². The molecule has 1 atom stereocenters. The van der Waals surface area contributed by atoms with Crippen LogP contribution in [0, 0.1) is 20.8 Å². The van der Waals surface area contributed by atoms with Crippen LogP contribution in [0.2, 0.25) is 0 Å². The van der Waals surface area contributed by atoms with Crippen molar-refractivity contribution in [1.82, 2.24) is 9.38 Å². The summed E-state index contributed by atoms with van der Waals surface area (Å²) in [6, 6.07) is 28.6. The first kappa shape index (κ1) is 22.6. The molecule has 1 unspecified atom stereocenters. The Morgan fingerprint density at radius 1 is 0.861 bits per heavy atom. The topological polar surface area (TPSA) is 43.6 Å². The predicted molar refractivity (Wildman–Crippen MR) is 151 cm³/mol. The Labute approximate surface area is 211 Å². The van der Waals surface area contributed by atoms with Crippen LogP contribution in [0.4, 0.5) is 0 Å². The van der Waals surface area contributed by atoms with Crippen LogP contribution in [0.5, 0.6) is 5.75 Å². The summed E-state index contributed by atoms with van der Waals surface area (Å²) in [7, 11) is -0.610. The predicted octanol–water partition coefficient (Wildman–Crippen LogP) is 6.75. The van der Waals surface area contributed by atoms with Crippen LogP contribution in [-0.2, 0) is 4.57 Å². The zero-order valence-corrected chi connectivity index (χ0v) is 21.8. The molecule has 0 aliphatic rings. The third-order valence-corrected chi connectivity index (χ3v) is 8.69. The summed E-state index contributed by atoms with van der Waals surface area (Å²) in [4.78, 5) is 5.23. The van der Waals surface area contributed by atoms with Gasteiger partial charge in [-0.3, -0.25) is 0 Å². The van der Waals surface area contributed by atoms with Gasteiger partial charge in [-0.05, 0) is 61.4 Å². The highest BCUT2D eigenvalue weighted by Gasteiger charge is 2.22. The van der Waals surface area contributed by atoms with E-state index in [0.717, 1.165) is 71.8 Å². The van der Waals surface area contributed by atoms with Crippen LogP contribution in [-0.4, -0.2) is 16.5 Å². The van der Waals surface area contributed by atoms with Gasteiger partial charge in [0.2, 0.25) is 0 Å². The summed E-state index contributed by atoms with van der Waals surface area (Å²) in [6.45, 7) is 6.27. The van der Waals surface area contributed by atoms with Crippen molar-refractivity contribution in [1.29, 1.82) is 0 Å². The van der Waals surface area contributed by atoms with Gasteiger partial charge in [0, 0.05) is 27.9 Å². The SMILES string of the molecule is COc1ccc2nc(-c3c([PH](=O)c4cccc(C)c4)ccc4ccccc34)c3c(C)cc(C)n3c2c1. The van der Waals surface area contributed by atoms with Gasteiger partial charge >= 0.3 is 0 Å². The molecule has 6 rings (SSSR count). The summed E-state index contributed by atoms with van der Waals surface area (Å²) in [6.07, 6.45) is 0. The number of nitrogens with zero attached hydrogens (tertiary/aromatic N) is 2. The smallest absolute Gasteiger partial charge is 0.132 e. The Kier molecular flexibility index (Phi) is 5.43. The number of ether oxygens (including phenoxy) is 1. The van der Waals surface area contributed by atoms with Gasteiger partial charge < -0.3 is 13.7 Å². The van der Waals surface area contributed by atoms with E-state index in [2.05, 4.69) is 42.5 Å². The summed E-state index contributed by atoms with van der Waals surface area (Å²) in [5, 5.41) is 3.86. The van der Waals surface area contributed by atoms with E-state index in [0.29, 0.717) is 0 Å². The number of aromatic nitrogens is 2. The molecule has 6 aromatic rings. The molecule has 4 nitrogen and oxygen atoms in total. The lowest BCUT2D eigenvalue weighted by molar-refractivity contribution is 0.415. The van der Waals surface area contributed by atoms with E-state index in [9.17, 15) is 4.57 Å². The Balaban J connectivity index is 1.76. The molecule has 0 aliphatic carbocycles. The van der Waals surface area contributed by atoms with Crippen LogP contribution < -0.4 is 15.3 Å². The molecule has 0 radical (unpaired) electrons. The van der Waals surface area contributed by atoms with Gasteiger partial charge in [-0.1, -0.05) is 60.2 Å². The van der Waals surface area contributed by atoms with E-state index in [1.165, 1.54) is 0 Å². The lowest BCUT2D eigenvalue weighted by Gasteiger charge is -2.17. The Hall–Kier alpha value is -3.88. The van der Waals surface area contributed by atoms with E-state index < -0.39 is 7.80 Å². The summed E-state index contributed by atoms with van der Waals surface area (Å²) < 4.78 is 21.9.